The van der Waals surface area contributed by atoms with Gasteiger partial charge < -0.3 is 5.32 Å². The van der Waals surface area contributed by atoms with Gasteiger partial charge in [-0.3, -0.25) is 9.67 Å². The zero-order valence-corrected chi connectivity index (χ0v) is 13.1. The van der Waals surface area contributed by atoms with Gasteiger partial charge in [0.15, 0.2) is 0 Å². The van der Waals surface area contributed by atoms with Crippen LogP contribution in [0.5, 0.6) is 0 Å². The van der Waals surface area contributed by atoms with E-state index in [1.807, 2.05) is 20.2 Å². The molecule has 0 bridgehead atoms. The van der Waals surface area contributed by atoms with Crippen molar-refractivity contribution in [1.82, 2.24) is 20.1 Å². The lowest BCUT2D eigenvalue weighted by atomic mass is 10.0. The zero-order chi connectivity index (χ0) is 14.7. The highest BCUT2D eigenvalue weighted by Crippen LogP contribution is 2.20. The van der Waals surface area contributed by atoms with E-state index < -0.39 is 0 Å². The predicted molar refractivity (Wildman–Crippen MR) is 81.9 cm³/mol. The molecule has 20 heavy (non-hydrogen) atoms. The van der Waals surface area contributed by atoms with Crippen LogP contribution in [0, 0.1) is 20.8 Å². The molecule has 2 heterocycles. The highest BCUT2D eigenvalue weighted by molar-refractivity contribution is 5.27. The van der Waals surface area contributed by atoms with Gasteiger partial charge in [-0.1, -0.05) is 6.07 Å². The molecule has 0 fully saturated rings. The number of hydrogen-bond donors (Lipinski definition) is 1. The summed E-state index contributed by atoms with van der Waals surface area (Å²) in [6, 6.07) is 4.57. The van der Waals surface area contributed by atoms with Crippen molar-refractivity contribution >= 4 is 0 Å². The summed E-state index contributed by atoms with van der Waals surface area (Å²) in [5, 5.41) is 7.90. The summed E-state index contributed by atoms with van der Waals surface area (Å²) in [4.78, 5) is 4.62. The Morgan fingerprint density at radius 3 is 2.60 bits per heavy atom. The van der Waals surface area contributed by atoms with Gasteiger partial charge in [0.05, 0.1) is 17.4 Å². The first-order valence-electron chi connectivity index (χ1n) is 7.18. The number of nitrogens with one attached hydrogen (secondary N) is 1. The fourth-order valence-corrected chi connectivity index (χ4v) is 2.67. The van der Waals surface area contributed by atoms with Crippen LogP contribution in [0.15, 0.2) is 18.3 Å². The summed E-state index contributed by atoms with van der Waals surface area (Å²) < 4.78 is 2.07. The van der Waals surface area contributed by atoms with E-state index in [-0.39, 0.29) is 6.04 Å². The second-order valence-electron chi connectivity index (χ2n) is 5.35. The highest BCUT2D eigenvalue weighted by atomic mass is 15.3. The first-order chi connectivity index (χ1) is 9.55. The third kappa shape index (κ3) is 3.07. The Hall–Kier alpha value is -1.68. The smallest absolute Gasteiger partial charge is 0.0606 e. The third-order valence-corrected chi connectivity index (χ3v) is 3.63. The van der Waals surface area contributed by atoms with Crippen molar-refractivity contribution in [3.63, 3.8) is 0 Å². The number of nitrogens with zero attached hydrogens (tertiary/aromatic N) is 3. The minimum atomic E-state index is 0.219. The van der Waals surface area contributed by atoms with Gasteiger partial charge >= 0.3 is 0 Å². The summed E-state index contributed by atoms with van der Waals surface area (Å²) in [5.74, 6) is 0. The average molecular weight is 272 g/mol. The molecule has 2 rings (SSSR count). The van der Waals surface area contributed by atoms with Gasteiger partial charge in [-0.15, -0.1) is 0 Å². The van der Waals surface area contributed by atoms with Crippen molar-refractivity contribution < 1.29 is 0 Å². The van der Waals surface area contributed by atoms with Gasteiger partial charge in [0, 0.05) is 24.9 Å². The molecule has 4 heteroatoms. The van der Waals surface area contributed by atoms with Crippen LogP contribution in [0.1, 0.15) is 41.2 Å². The molecule has 2 aromatic rings. The van der Waals surface area contributed by atoms with Gasteiger partial charge in [-0.25, -0.2) is 0 Å². The van der Waals surface area contributed by atoms with Gasteiger partial charge in [0.25, 0.3) is 0 Å². The highest BCUT2D eigenvalue weighted by Gasteiger charge is 2.17. The molecule has 0 aliphatic rings. The Kier molecular flexibility index (Phi) is 4.55. The van der Waals surface area contributed by atoms with E-state index in [2.05, 4.69) is 53.0 Å². The summed E-state index contributed by atoms with van der Waals surface area (Å²) in [7, 11) is 1.99. The fourth-order valence-electron chi connectivity index (χ4n) is 2.67. The maximum absolute atomic E-state index is 4.62. The summed E-state index contributed by atoms with van der Waals surface area (Å²) in [5.41, 5.74) is 5.90. The standard InChI is InChI=1S/C16H24N4/c1-6-20-14(8-13(4)19-20)9-15(17-5)16-12(3)7-11(2)10-18-16/h7-8,10,15,17H,6,9H2,1-5H3. The van der Waals surface area contributed by atoms with Crippen molar-refractivity contribution in [2.24, 2.45) is 0 Å². The van der Waals surface area contributed by atoms with Crippen LogP contribution < -0.4 is 5.32 Å². The first-order valence-corrected chi connectivity index (χ1v) is 7.18. The molecule has 0 aliphatic carbocycles. The molecular formula is C16H24N4. The second kappa shape index (κ2) is 6.18. The second-order valence-corrected chi connectivity index (χ2v) is 5.35. The Labute approximate surface area is 121 Å². The maximum atomic E-state index is 4.62. The van der Waals surface area contributed by atoms with Gasteiger partial charge in [0.2, 0.25) is 0 Å². The van der Waals surface area contributed by atoms with Gasteiger partial charge in [-0.05, 0) is 51.9 Å². The SMILES string of the molecule is CCn1nc(C)cc1CC(NC)c1ncc(C)cc1C. The Bertz CT molecular complexity index is 586. The quantitative estimate of drug-likeness (QED) is 0.910. The molecule has 0 radical (unpaired) electrons. The lowest BCUT2D eigenvalue weighted by Gasteiger charge is -2.18. The topological polar surface area (TPSA) is 42.7 Å². The number of pyridine rings is 1. The van der Waals surface area contributed by atoms with Crippen LogP contribution in [-0.4, -0.2) is 21.8 Å². The lowest BCUT2D eigenvalue weighted by Crippen LogP contribution is -2.22. The molecule has 0 spiro atoms. The van der Waals surface area contributed by atoms with E-state index in [0.29, 0.717) is 0 Å². The van der Waals surface area contributed by atoms with Crippen LogP contribution in [-0.2, 0) is 13.0 Å². The number of rotatable bonds is 5. The average Bonchev–Trinajstić information content (AvgIpc) is 2.76. The van der Waals surface area contributed by atoms with Crippen molar-refractivity contribution in [1.29, 1.82) is 0 Å². The number of aromatic nitrogens is 3. The van der Waals surface area contributed by atoms with Crippen LogP contribution in [0.3, 0.4) is 0 Å². The van der Waals surface area contributed by atoms with E-state index in [9.17, 15) is 0 Å². The van der Waals surface area contributed by atoms with E-state index in [4.69, 9.17) is 0 Å². The van der Waals surface area contributed by atoms with Crippen molar-refractivity contribution in [3.05, 3.63) is 46.5 Å². The lowest BCUT2D eigenvalue weighted by molar-refractivity contribution is 0.529. The molecule has 0 aliphatic heterocycles. The third-order valence-electron chi connectivity index (χ3n) is 3.63. The zero-order valence-electron chi connectivity index (χ0n) is 13.1. The van der Waals surface area contributed by atoms with Crippen LogP contribution in [0.25, 0.3) is 0 Å². The van der Waals surface area contributed by atoms with Gasteiger partial charge in [0.1, 0.15) is 0 Å². The molecule has 0 saturated carbocycles. The summed E-state index contributed by atoms with van der Waals surface area (Å²) in [6.07, 6.45) is 2.84. The minimum Gasteiger partial charge on any atom is -0.311 e. The molecule has 0 aromatic carbocycles. The fraction of sp³-hybridized carbons (Fsp3) is 0.500. The van der Waals surface area contributed by atoms with Crippen LogP contribution >= 0.6 is 0 Å². The van der Waals surface area contributed by atoms with Gasteiger partial charge in [-0.2, -0.15) is 5.10 Å². The molecule has 4 nitrogen and oxygen atoms in total. The molecule has 0 saturated heterocycles. The molecular weight excluding hydrogens is 248 g/mol. The normalized spacial score (nSPS) is 12.7. The van der Waals surface area contributed by atoms with Crippen molar-refractivity contribution in [3.8, 4) is 0 Å². The largest absolute Gasteiger partial charge is 0.311 e. The number of hydrogen-bond acceptors (Lipinski definition) is 3. The predicted octanol–water partition coefficient (Wildman–Crippen LogP) is 2.73. The molecule has 2 aromatic heterocycles. The molecule has 1 N–H and O–H groups in total. The van der Waals surface area contributed by atoms with Crippen molar-refractivity contribution in [2.75, 3.05) is 7.05 Å². The van der Waals surface area contributed by atoms with Crippen LogP contribution in [0.2, 0.25) is 0 Å². The monoisotopic (exact) mass is 272 g/mol. The first kappa shape index (κ1) is 14.7. The minimum absolute atomic E-state index is 0.219. The summed E-state index contributed by atoms with van der Waals surface area (Å²) >= 11 is 0. The van der Waals surface area contributed by atoms with E-state index >= 15 is 0 Å². The molecule has 1 atom stereocenters. The molecule has 0 amide bonds. The Balaban J connectivity index is 2.28. The summed E-state index contributed by atoms with van der Waals surface area (Å²) in [6.45, 7) is 9.27. The Morgan fingerprint density at radius 1 is 1.25 bits per heavy atom. The van der Waals surface area contributed by atoms with E-state index in [0.717, 1.165) is 24.4 Å². The van der Waals surface area contributed by atoms with E-state index in [1.54, 1.807) is 0 Å². The number of aryl methyl sites for hydroxylation is 4. The molecule has 108 valence electrons. The molecule has 1 unspecified atom stereocenters. The van der Waals surface area contributed by atoms with E-state index in [1.165, 1.54) is 16.8 Å². The number of likely N-dealkylation sites (N-methyl/N-ethyl adjacent to an activating group) is 1. The maximum Gasteiger partial charge on any atom is 0.0606 e. The van der Waals surface area contributed by atoms with Crippen LogP contribution in [0.4, 0.5) is 0 Å². The Morgan fingerprint density at radius 2 is 2.00 bits per heavy atom. The van der Waals surface area contributed by atoms with Crippen molar-refractivity contribution in [2.45, 2.75) is 46.7 Å².